The number of halogens is 1. The highest BCUT2D eigenvalue weighted by atomic mass is 19.1. The molecule has 0 aromatic heterocycles. The molecule has 1 aromatic carbocycles. The lowest BCUT2D eigenvalue weighted by Crippen LogP contribution is -2.31. The molecule has 0 saturated heterocycles. The van der Waals surface area contributed by atoms with Gasteiger partial charge in [0.05, 0.1) is 0 Å². The molecule has 1 amide bonds. The predicted octanol–water partition coefficient (Wildman–Crippen LogP) is 0.476. The zero-order valence-electron chi connectivity index (χ0n) is 8.18. The van der Waals surface area contributed by atoms with Crippen LogP contribution >= 0.6 is 0 Å². The fourth-order valence-corrected chi connectivity index (χ4v) is 1.33. The van der Waals surface area contributed by atoms with Crippen molar-refractivity contribution in [2.24, 2.45) is 4.99 Å². The van der Waals surface area contributed by atoms with Crippen molar-refractivity contribution in [2.75, 3.05) is 6.61 Å². The number of nitrogens with one attached hydrogen (secondary N) is 1. The highest BCUT2D eigenvalue weighted by molar-refractivity contribution is 5.98. The number of carbonyl (C=O) groups is 1. The summed E-state index contributed by atoms with van der Waals surface area (Å²) in [5, 5.41) is 8.41. The molecule has 1 heterocycles. The van der Waals surface area contributed by atoms with E-state index in [0.717, 1.165) is 0 Å². The molecule has 0 spiro atoms. The van der Waals surface area contributed by atoms with Crippen LogP contribution in [0, 0.1) is 5.82 Å². The first kappa shape index (κ1) is 10.6. The molecule has 2 N–H and O–H groups in total. The van der Waals surface area contributed by atoms with E-state index in [2.05, 4.69) is 4.99 Å². The lowest BCUT2D eigenvalue weighted by atomic mass is 10.2. The van der Waals surface area contributed by atoms with Crippen LogP contribution < -0.4 is 5.48 Å². The lowest BCUT2D eigenvalue weighted by molar-refractivity contribution is -0.130. The van der Waals surface area contributed by atoms with Crippen LogP contribution in [0.1, 0.15) is 5.56 Å². The van der Waals surface area contributed by atoms with Crippen LogP contribution in [0.4, 0.5) is 4.39 Å². The van der Waals surface area contributed by atoms with Crippen molar-refractivity contribution in [1.82, 2.24) is 5.48 Å². The fraction of sp³-hybridized carbons (Fsp3) is 0.200. The van der Waals surface area contributed by atoms with Gasteiger partial charge in [0.2, 0.25) is 5.90 Å². The van der Waals surface area contributed by atoms with E-state index in [0.29, 0.717) is 5.56 Å². The molecule has 1 aliphatic rings. The summed E-state index contributed by atoms with van der Waals surface area (Å²) >= 11 is 0. The Balaban J connectivity index is 2.17. The average Bonchev–Trinajstić information content (AvgIpc) is 2.78. The Labute approximate surface area is 90.5 Å². The van der Waals surface area contributed by atoms with Gasteiger partial charge >= 0.3 is 0 Å². The highest BCUT2D eigenvalue weighted by Crippen LogP contribution is 2.12. The van der Waals surface area contributed by atoms with E-state index in [-0.39, 0.29) is 18.3 Å². The normalized spacial score (nSPS) is 18.9. The first-order valence-corrected chi connectivity index (χ1v) is 4.61. The summed E-state index contributed by atoms with van der Waals surface area (Å²) in [6.45, 7) is 0.0686. The monoisotopic (exact) mass is 224 g/mol. The van der Waals surface area contributed by atoms with Crippen LogP contribution in [0.15, 0.2) is 29.3 Å². The van der Waals surface area contributed by atoms with Gasteiger partial charge < -0.3 is 4.74 Å². The first-order valence-electron chi connectivity index (χ1n) is 4.61. The van der Waals surface area contributed by atoms with Gasteiger partial charge in [-0.1, -0.05) is 0 Å². The van der Waals surface area contributed by atoms with Crippen molar-refractivity contribution in [3.8, 4) is 0 Å². The van der Waals surface area contributed by atoms with E-state index < -0.39 is 11.9 Å². The van der Waals surface area contributed by atoms with Gasteiger partial charge in [0, 0.05) is 5.56 Å². The molecule has 0 bridgehead atoms. The number of hydrogen-bond donors (Lipinski definition) is 2. The molecule has 0 saturated carbocycles. The smallest absolute Gasteiger partial charge is 0.271 e. The minimum absolute atomic E-state index is 0.0686. The van der Waals surface area contributed by atoms with Crippen LogP contribution in [0.25, 0.3) is 0 Å². The van der Waals surface area contributed by atoms with Crippen LogP contribution in [0.3, 0.4) is 0 Å². The Bertz CT molecular complexity index is 430. The number of ether oxygens (including phenoxy) is 1. The van der Waals surface area contributed by atoms with Crippen LogP contribution in [0.2, 0.25) is 0 Å². The van der Waals surface area contributed by atoms with Crippen LogP contribution in [-0.2, 0) is 9.53 Å². The van der Waals surface area contributed by atoms with E-state index in [4.69, 9.17) is 9.94 Å². The van der Waals surface area contributed by atoms with Gasteiger partial charge in [-0.3, -0.25) is 10.0 Å². The first-order chi connectivity index (χ1) is 7.70. The van der Waals surface area contributed by atoms with Crippen LogP contribution in [-0.4, -0.2) is 29.7 Å². The molecule has 0 unspecified atom stereocenters. The zero-order valence-corrected chi connectivity index (χ0v) is 8.18. The second-order valence-electron chi connectivity index (χ2n) is 3.24. The second kappa shape index (κ2) is 4.28. The van der Waals surface area contributed by atoms with Crippen LogP contribution in [0.5, 0.6) is 0 Å². The van der Waals surface area contributed by atoms with Crippen molar-refractivity contribution in [2.45, 2.75) is 6.04 Å². The van der Waals surface area contributed by atoms with Crippen molar-refractivity contribution in [3.05, 3.63) is 35.6 Å². The third-order valence-electron chi connectivity index (χ3n) is 2.16. The summed E-state index contributed by atoms with van der Waals surface area (Å²) in [6, 6.07) is 4.81. The maximum atomic E-state index is 12.7. The van der Waals surface area contributed by atoms with E-state index in [9.17, 15) is 9.18 Å². The summed E-state index contributed by atoms with van der Waals surface area (Å²) in [5.41, 5.74) is 2.09. The number of amides is 1. The number of nitrogens with zero attached hydrogens (tertiary/aromatic N) is 1. The Kier molecular flexibility index (Phi) is 2.82. The molecule has 5 nitrogen and oxygen atoms in total. The van der Waals surface area contributed by atoms with Gasteiger partial charge in [0.1, 0.15) is 12.4 Å². The lowest BCUT2D eigenvalue weighted by Gasteiger charge is -2.00. The minimum Gasteiger partial charge on any atom is -0.475 e. The number of hydrogen-bond acceptors (Lipinski definition) is 4. The number of carbonyl (C=O) groups excluding carboxylic acids is 1. The van der Waals surface area contributed by atoms with E-state index in [1.54, 1.807) is 0 Å². The summed E-state index contributed by atoms with van der Waals surface area (Å²) < 4.78 is 17.8. The summed E-state index contributed by atoms with van der Waals surface area (Å²) in [6.07, 6.45) is 0. The SMILES string of the molecule is O=C(NO)[C@H]1COC(c2ccc(F)cc2)=N1. The molecule has 1 aliphatic heterocycles. The van der Waals surface area contributed by atoms with Gasteiger partial charge in [-0.15, -0.1) is 0 Å². The Morgan fingerprint density at radius 2 is 2.19 bits per heavy atom. The number of rotatable bonds is 2. The molecular formula is C10H9FN2O3. The number of benzene rings is 1. The van der Waals surface area contributed by atoms with Gasteiger partial charge in [-0.05, 0) is 24.3 Å². The molecule has 16 heavy (non-hydrogen) atoms. The molecule has 0 aliphatic carbocycles. The summed E-state index contributed by atoms with van der Waals surface area (Å²) in [5.74, 6) is -0.710. The summed E-state index contributed by atoms with van der Waals surface area (Å²) in [7, 11) is 0. The molecular weight excluding hydrogens is 215 g/mol. The largest absolute Gasteiger partial charge is 0.475 e. The average molecular weight is 224 g/mol. The summed E-state index contributed by atoms with van der Waals surface area (Å²) in [4.78, 5) is 15.0. The van der Waals surface area contributed by atoms with Crippen molar-refractivity contribution in [1.29, 1.82) is 0 Å². The molecule has 84 valence electrons. The van der Waals surface area contributed by atoms with Gasteiger partial charge in [-0.25, -0.2) is 14.9 Å². The third-order valence-corrected chi connectivity index (χ3v) is 2.16. The van der Waals surface area contributed by atoms with Gasteiger partial charge in [0.15, 0.2) is 6.04 Å². The highest BCUT2D eigenvalue weighted by Gasteiger charge is 2.26. The third kappa shape index (κ3) is 2.01. The number of aliphatic imine (C=N–C) groups is 1. The Morgan fingerprint density at radius 1 is 1.50 bits per heavy atom. The molecule has 2 rings (SSSR count). The molecule has 6 heteroatoms. The standard InChI is InChI=1S/C10H9FN2O3/c11-7-3-1-6(2-4-7)10-12-8(5-16-10)9(14)13-15/h1-4,8,15H,5H2,(H,13,14)/t8-/m1/s1. The Morgan fingerprint density at radius 3 is 2.81 bits per heavy atom. The van der Waals surface area contributed by atoms with Gasteiger partial charge in [0.25, 0.3) is 5.91 Å². The van der Waals surface area contributed by atoms with Crippen molar-refractivity contribution >= 4 is 11.8 Å². The maximum absolute atomic E-state index is 12.7. The van der Waals surface area contributed by atoms with E-state index in [1.807, 2.05) is 0 Å². The fourth-order valence-electron chi connectivity index (χ4n) is 1.33. The van der Waals surface area contributed by atoms with E-state index >= 15 is 0 Å². The number of hydroxylamine groups is 1. The Hall–Kier alpha value is -1.95. The van der Waals surface area contributed by atoms with E-state index in [1.165, 1.54) is 29.7 Å². The molecule has 0 radical (unpaired) electrons. The zero-order chi connectivity index (χ0) is 11.5. The second-order valence-corrected chi connectivity index (χ2v) is 3.24. The molecule has 1 atom stereocenters. The van der Waals surface area contributed by atoms with Crippen molar-refractivity contribution in [3.63, 3.8) is 0 Å². The van der Waals surface area contributed by atoms with Gasteiger partial charge in [-0.2, -0.15) is 0 Å². The topological polar surface area (TPSA) is 70.9 Å². The van der Waals surface area contributed by atoms with Crippen molar-refractivity contribution < 1.29 is 19.1 Å². The minimum atomic E-state index is -0.759. The quantitative estimate of drug-likeness (QED) is 0.567. The predicted molar refractivity (Wildman–Crippen MR) is 52.6 cm³/mol. The maximum Gasteiger partial charge on any atom is 0.271 e. The molecule has 0 fully saturated rings. The molecule has 1 aromatic rings.